The first kappa shape index (κ1) is 16.2. The van der Waals surface area contributed by atoms with Crippen LogP contribution in [0.5, 0.6) is 5.75 Å². The van der Waals surface area contributed by atoms with Gasteiger partial charge < -0.3 is 14.1 Å². The van der Waals surface area contributed by atoms with Gasteiger partial charge in [-0.2, -0.15) is 0 Å². The SMILES string of the molecule is CCN1C(=S)S/C(=C\c2ccc(-c3ccccc3OC)o2)C1=S. The van der Waals surface area contributed by atoms with E-state index in [2.05, 4.69) is 0 Å². The van der Waals surface area contributed by atoms with E-state index < -0.39 is 0 Å². The summed E-state index contributed by atoms with van der Waals surface area (Å²) in [6.45, 7) is 2.82. The molecule has 0 unspecified atom stereocenters. The molecule has 0 N–H and O–H groups in total. The Morgan fingerprint density at radius 2 is 2.00 bits per heavy atom. The van der Waals surface area contributed by atoms with E-state index in [9.17, 15) is 0 Å². The summed E-state index contributed by atoms with van der Waals surface area (Å²) >= 11 is 12.3. The van der Waals surface area contributed by atoms with Crippen molar-refractivity contribution in [1.29, 1.82) is 0 Å². The van der Waals surface area contributed by atoms with Crippen molar-refractivity contribution in [3.63, 3.8) is 0 Å². The van der Waals surface area contributed by atoms with Crippen LogP contribution < -0.4 is 4.74 Å². The van der Waals surface area contributed by atoms with Crippen LogP contribution in [-0.2, 0) is 0 Å². The lowest BCUT2D eigenvalue weighted by Crippen LogP contribution is -2.25. The van der Waals surface area contributed by atoms with E-state index in [0.717, 1.165) is 43.6 Å². The minimum absolute atomic E-state index is 0.747. The zero-order chi connectivity index (χ0) is 16.4. The number of methoxy groups -OCH3 is 1. The Kier molecular flexibility index (Phi) is 4.84. The second-order valence-corrected chi connectivity index (χ2v) is 6.89. The van der Waals surface area contributed by atoms with E-state index in [0.29, 0.717) is 0 Å². The number of thiocarbonyl (C=S) groups is 2. The molecule has 0 spiro atoms. The average Bonchev–Trinajstić information content (AvgIpc) is 3.12. The summed E-state index contributed by atoms with van der Waals surface area (Å²) in [6.07, 6.45) is 1.94. The quantitative estimate of drug-likeness (QED) is 0.563. The van der Waals surface area contributed by atoms with Gasteiger partial charge in [0.15, 0.2) is 0 Å². The minimum Gasteiger partial charge on any atom is -0.496 e. The molecule has 1 aliphatic rings. The van der Waals surface area contributed by atoms with Crippen molar-refractivity contribution >= 4 is 51.6 Å². The lowest BCUT2D eigenvalue weighted by Gasteiger charge is -2.12. The number of benzene rings is 1. The maximum Gasteiger partial charge on any atom is 0.146 e. The summed E-state index contributed by atoms with van der Waals surface area (Å²) in [5.41, 5.74) is 0.923. The van der Waals surface area contributed by atoms with Crippen molar-refractivity contribution in [2.24, 2.45) is 0 Å². The second-order valence-electron chi connectivity index (χ2n) is 4.83. The Bertz CT molecular complexity index is 795. The van der Waals surface area contributed by atoms with Crippen molar-refractivity contribution in [3.05, 3.63) is 47.1 Å². The van der Waals surface area contributed by atoms with Crippen molar-refractivity contribution in [1.82, 2.24) is 4.90 Å². The molecule has 2 aromatic rings. The maximum atomic E-state index is 5.94. The molecule has 6 heteroatoms. The molecule has 0 aliphatic carbocycles. The summed E-state index contributed by atoms with van der Waals surface area (Å²) in [5.74, 6) is 2.29. The van der Waals surface area contributed by atoms with Gasteiger partial charge in [0.05, 0.1) is 17.6 Å². The number of hydrogen-bond acceptors (Lipinski definition) is 5. The highest BCUT2D eigenvalue weighted by atomic mass is 32.2. The van der Waals surface area contributed by atoms with Crippen LogP contribution in [0.15, 0.2) is 45.7 Å². The monoisotopic (exact) mass is 361 g/mol. The molecule has 0 amide bonds. The Labute approximate surface area is 150 Å². The first-order valence-electron chi connectivity index (χ1n) is 7.12. The molecule has 118 valence electrons. The second kappa shape index (κ2) is 6.86. The van der Waals surface area contributed by atoms with Gasteiger partial charge >= 0.3 is 0 Å². The third kappa shape index (κ3) is 3.20. The van der Waals surface area contributed by atoms with Crippen LogP contribution in [0, 0.1) is 0 Å². The Morgan fingerprint density at radius 1 is 1.22 bits per heavy atom. The number of para-hydroxylation sites is 1. The fraction of sp³-hybridized carbons (Fsp3) is 0.176. The number of ether oxygens (including phenoxy) is 1. The number of furan rings is 1. The van der Waals surface area contributed by atoms with E-state index in [1.807, 2.05) is 54.3 Å². The number of hydrogen-bond donors (Lipinski definition) is 0. The fourth-order valence-electron chi connectivity index (χ4n) is 2.33. The summed E-state index contributed by atoms with van der Waals surface area (Å²) in [5, 5.41) is 0. The van der Waals surface area contributed by atoms with Crippen molar-refractivity contribution in [2.75, 3.05) is 13.7 Å². The van der Waals surface area contributed by atoms with Crippen molar-refractivity contribution < 1.29 is 9.15 Å². The van der Waals surface area contributed by atoms with Crippen LogP contribution in [0.3, 0.4) is 0 Å². The topological polar surface area (TPSA) is 25.6 Å². The van der Waals surface area contributed by atoms with Crippen LogP contribution in [0.4, 0.5) is 0 Å². The molecule has 1 aromatic carbocycles. The smallest absolute Gasteiger partial charge is 0.146 e. The molecule has 1 fully saturated rings. The van der Waals surface area contributed by atoms with Gasteiger partial charge in [-0.25, -0.2) is 0 Å². The van der Waals surface area contributed by atoms with Gasteiger partial charge in [-0.15, -0.1) is 0 Å². The number of rotatable bonds is 4. The molecule has 3 rings (SSSR count). The number of thioether (sulfide) groups is 1. The predicted octanol–water partition coefficient (Wildman–Crippen LogP) is 4.98. The van der Waals surface area contributed by atoms with Gasteiger partial charge in [-0.1, -0.05) is 48.3 Å². The third-order valence-corrected chi connectivity index (χ3v) is 5.43. The van der Waals surface area contributed by atoms with Gasteiger partial charge in [0, 0.05) is 6.54 Å². The van der Waals surface area contributed by atoms with Gasteiger partial charge in [-0.05, 0) is 37.3 Å². The van der Waals surface area contributed by atoms with Crippen LogP contribution in [0.1, 0.15) is 12.7 Å². The predicted molar refractivity (Wildman–Crippen MR) is 104 cm³/mol. The zero-order valence-electron chi connectivity index (χ0n) is 12.7. The van der Waals surface area contributed by atoms with E-state index in [-0.39, 0.29) is 0 Å². The number of likely N-dealkylation sites (N-methyl/N-ethyl adjacent to an activating group) is 1. The minimum atomic E-state index is 0.747. The highest BCUT2D eigenvalue weighted by Crippen LogP contribution is 2.35. The van der Waals surface area contributed by atoms with E-state index in [4.69, 9.17) is 33.6 Å². The van der Waals surface area contributed by atoms with Gasteiger partial charge in [0.1, 0.15) is 26.6 Å². The standard InChI is InChI=1S/C17H15NO2S3/c1-3-18-16(21)15(23-17(18)22)10-11-8-9-14(20-11)12-6-4-5-7-13(12)19-2/h4-10H,3H2,1-2H3/b15-10-. The third-order valence-electron chi connectivity index (χ3n) is 3.46. The Morgan fingerprint density at radius 3 is 2.70 bits per heavy atom. The highest BCUT2D eigenvalue weighted by molar-refractivity contribution is 8.27. The first-order valence-corrected chi connectivity index (χ1v) is 8.76. The van der Waals surface area contributed by atoms with Crippen LogP contribution in [-0.4, -0.2) is 27.9 Å². The zero-order valence-corrected chi connectivity index (χ0v) is 15.2. The van der Waals surface area contributed by atoms with E-state index in [1.165, 1.54) is 11.8 Å². The molecule has 23 heavy (non-hydrogen) atoms. The first-order chi connectivity index (χ1) is 11.1. The Hall–Kier alpha value is -1.63. The summed E-state index contributed by atoms with van der Waals surface area (Å²) in [7, 11) is 1.65. The van der Waals surface area contributed by atoms with Crippen molar-refractivity contribution in [2.45, 2.75) is 6.92 Å². The van der Waals surface area contributed by atoms with Gasteiger partial charge in [0.25, 0.3) is 0 Å². The van der Waals surface area contributed by atoms with E-state index >= 15 is 0 Å². The van der Waals surface area contributed by atoms with Gasteiger partial charge in [0.2, 0.25) is 0 Å². The summed E-state index contributed by atoms with van der Waals surface area (Å²) < 4.78 is 12.1. The summed E-state index contributed by atoms with van der Waals surface area (Å²) in [6, 6.07) is 11.6. The molecule has 1 saturated heterocycles. The van der Waals surface area contributed by atoms with Crippen LogP contribution >= 0.6 is 36.2 Å². The van der Waals surface area contributed by atoms with Crippen LogP contribution in [0.2, 0.25) is 0 Å². The average molecular weight is 362 g/mol. The number of nitrogens with zero attached hydrogens (tertiary/aromatic N) is 1. The largest absolute Gasteiger partial charge is 0.496 e. The summed E-state index contributed by atoms with van der Waals surface area (Å²) in [4.78, 5) is 3.66. The van der Waals surface area contributed by atoms with Crippen molar-refractivity contribution in [3.8, 4) is 17.1 Å². The van der Waals surface area contributed by atoms with Crippen LogP contribution in [0.25, 0.3) is 17.4 Å². The highest BCUT2D eigenvalue weighted by Gasteiger charge is 2.27. The lowest BCUT2D eigenvalue weighted by molar-refractivity contribution is 0.414. The molecule has 1 aliphatic heterocycles. The lowest BCUT2D eigenvalue weighted by atomic mass is 10.1. The molecule has 0 bridgehead atoms. The maximum absolute atomic E-state index is 5.94. The fourth-order valence-corrected chi connectivity index (χ4v) is 4.23. The molecular formula is C17H15NO2S3. The molecular weight excluding hydrogens is 346 g/mol. The van der Waals surface area contributed by atoms with E-state index in [1.54, 1.807) is 7.11 Å². The molecule has 0 atom stereocenters. The molecule has 2 heterocycles. The van der Waals surface area contributed by atoms with Gasteiger partial charge in [-0.3, -0.25) is 0 Å². The molecule has 1 aromatic heterocycles. The Balaban J connectivity index is 1.90. The molecule has 3 nitrogen and oxygen atoms in total. The normalized spacial score (nSPS) is 16.4. The molecule has 0 radical (unpaired) electrons. The molecule has 0 saturated carbocycles.